The zero-order valence-electron chi connectivity index (χ0n) is 12.4. The molecule has 108 valence electrons. The third-order valence-corrected chi connectivity index (χ3v) is 3.49. The molecule has 20 heavy (non-hydrogen) atoms. The fraction of sp³-hybridized carbons (Fsp3) is 0.600. The number of nitriles is 1. The van der Waals surface area contributed by atoms with E-state index < -0.39 is 0 Å². The Morgan fingerprint density at radius 1 is 1.40 bits per heavy atom. The molecule has 1 fully saturated rings. The minimum Gasteiger partial charge on any atom is -0.373 e. The summed E-state index contributed by atoms with van der Waals surface area (Å²) in [5.41, 5.74) is 0.461. The van der Waals surface area contributed by atoms with Gasteiger partial charge in [-0.3, -0.25) is 4.90 Å². The highest BCUT2D eigenvalue weighted by Crippen LogP contribution is 2.12. The first-order valence-electron chi connectivity index (χ1n) is 7.04. The lowest BCUT2D eigenvalue weighted by atomic mass is 10.2. The third-order valence-electron chi connectivity index (χ3n) is 3.49. The molecule has 5 nitrogen and oxygen atoms in total. The first-order valence-corrected chi connectivity index (χ1v) is 7.04. The van der Waals surface area contributed by atoms with E-state index in [9.17, 15) is 0 Å². The van der Waals surface area contributed by atoms with E-state index in [1.807, 2.05) is 19.2 Å². The minimum absolute atomic E-state index is 0.295. The van der Waals surface area contributed by atoms with Gasteiger partial charge in [-0.1, -0.05) is 6.07 Å². The second-order valence-corrected chi connectivity index (χ2v) is 5.43. The lowest BCUT2D eigenvalue weighted by Gasteiger charge is -2.36. The van der Waals surface area contributed by atoms with Crippen molar-refractivity contribution in [3.05, 3.63) is 23.9 Å². The number of hydrogen-bond donors (Lipinski definition) is 0. The molecule has 1 aliphatic rings. The molecular weight excluding hydrogens is 252 g/mol. The van der Waals surface area contributed by atoms with Crippen molar-refractivity contribution in [2.24, 2.45) is 0 Å². The summed E-state index contributed by atoms with van der Waals surface area (Å²) in [4.78, 5) is 8.82. The summed E-state index contributed by atoms with van der Waals surface area (Å²) in [5.74, 6) is 0.846. The van der Waals surface area contributed by atoms with Crippen molar-refractivity contribution in [1.29, 1.82) is 5.26 Å². The van der Waals surface area contributed by atoms with Crippen LogP contribution in [0.4, 0.5) is 5.82 Å². The first kappa shape index (κ1) is 14.8. The Bertz CT molecular complexity index is 475. The van der Waals surface area contributed by atoms with Crippen LogP contribution in [0.3, 0.4) is 0 Å². The molecule has 0 aliphatic carbocycles. The molecule has 0 saturated carbocycles. The van der Waals surface area contributed by atoms with Crippen LogP contribution in [0.2, 0.25) is 0 Å². The van der Waals surface area contributed by atoms with Crippen LogP contribution in [0.5, 0.6) is 0 Å². The molecule has 0 spiro atoms. The summed E-state index contributed by atoms with van der Waals surface area (Å²) in [6.45, 7) is 8.05. The van der Waals surface area contributed by atoms with Crippen molar-refractivity contribution in [2.75, 3.05) is 38.1 Å². The molecule has 0 radical (unpaired) electrons. The zero-order chi connectivity index (χ0) is 14.5. The lowest BCUT2D eigenvalue weighted by molar-refractivity contribution is -0.0670. The van der Waals surface area contributed by atoms with Crippen molar-refractivity contribution in [2.45, 2.75) is 26.1 Å². The van der Waals surface area contributed by atoms with Crippen LogP contribution < -0.4 is 4.90 Å². The monoisotopic (exact) mass is 274 g/mol. The Kier molecular flexibility index (Phi) is 4.94. The predicted molar refractivity (Wildman–Crippen MR) is 78.7 cm³/mol. The molecule has 0 N–H and O–H groups in total. The second kappa shape index (κ2) is 6.69. The van der Waals surface area contributed by atoms with Crippen LogP contribution in [0, 0.1) is 11.3 Å². The molecule has 2 rings (SSSR count). The van der Waals surface area contributed by atoms with Gasteiger partial charge in [0.1, 0.15) is 17.6 Å². The molecule has 0 aromatic carbocycles. The van der Waals surface area contributed by atoms with Crippen molar-refractivity contribution < 1.29 is 4.74 Å². The Morgan fingerprint density at radius 3 is 2.75 bits per heavy atom. The number of rotatable bonds is 4. The van der Waals surface area contributed by atoms with E-state index in [0.29, 0.717) is 17.9 Å². The molecule has 1 aromatic rings. The minimum atomic E-state index is 0.295. The SMILES string of the molecule is C[C@@H]1CN(CCN(C)c2cccc(C#N)n2)C[C@H](C)O1. The molecule has 1 aliphatic heterocycles. The standard InChI is InChI=1S/C15H22N4O/c1-12-10-19(11-13(2)20-12)8-7-18(3)15-6-4-5-14(9-16)17-15/h4-6,12-13H,7-8,10-11H2,1-3H3/t12-,13+. The van der Waals surface area contributed by atoms with Crippen molar-refractivity contribution in [3.63, 3.8) is 0 Å². The Labute approximate surface area is 120 Å². The maximum absolute atomic E-state index is 8.88. The average Bonchev–Trinajstić information content (AvgIpc) is 2.44. The highest BCUT2D eigenvalue weighted by molar-refractivity contribution is 5.40. The van der Waals surface area contributed by atoms with Gasteiger partial charge < -0.3 is 9.64 Å². The highest BCUT2D eigenvalue weighted by atomic mass is 16.5. The van der Waals surface area contributed by atoms with E-state index >= 15 is 0 Å². The van der Waals surface area contributed by atoms with Crippen molar-refractivity contribution in [3.8, 4) is 6.07 Å². The van der Waals surface area contributed by atoms with Gasteiger partial charge >= 0.3 is 0 Å². The molecule has 0 unspecified atom stereocenters. The second-order valence-electron chi connectivity index (χ2n) is 5.43. The Morgan fingerprint density at radius 2 is 2.10 bits per heavy atom. The lowest BCUT2D eigenvalue weighted by Crippen LogP contribution is -2.47. The van der Waals surface area contributed by atoms with E-state index in [2.05, 4.69) is 34.7 Å². The van der Waals surface area contributed by atoms with Crippen LogP contribution in [0.25, 0.3) is 0 Å². The van der Waals surface area contributed by atoms with E-state index in [4.69, 9.17) is 10.00 Å². The molecule has 2 atom stereocenters. The highest BCUT2D eigenvalue weighted by Gasteiger charge is 2.22. The topological polar surface area (TPSA) is 52.4 Å². The van der Waals surface area contributed by atoms with Crippen molar-refractivity contribution in [1.82, 2.24) is 9.88 Å². The number of likely N-dealkylation sites (N-methyl/N-ethyl adjacent to an activating group) is 1. The summed E-state index contributed by atoms with van der Waals surface area (Å²) in [6, 6.07) is 7.61. The maximum Gasteiger partial charge on any atom is 0.142 e. The molecule has 1 saturated heterocycles. The van der Waals surface area contributed by atoms with Crippen LogP contribution in [0.1, 0.15) is 19.5 Å². The average molecular weight is 274 g/mol. The Hall–Kier alpha value is -1.64. The van der Waals surface area contributed by atoms with Gasteiger partial charge in [0, 0.05) is 33.2 Å². The van der Waals surface area contributed by atoms with Gasteiger partial charge in [-0.05, 0) is 26.0 Å². The number of nitrogens with zero attached hydrogens (tertiary/aromatic N) is 4. The molecular formula is C15H22N4O. The Balaban J connectivity index is 1.88. The van der Waals surface area contributed by atoms with E-state index in [1.54, 1.807) is 6.07 Å². The van der Waals surface area contributed by atoms with Crippen LogP contribution in [-0.4, -0.2) is 55.3 Å². The van der Waals surface area contributed by atoms with Crippen LogP contribution in [-0.2, 0) is 4.74 Å². The van der Waals surface area contributed by atoms with E-state index in [0.717, 1.165) is 32.0 Å². The van der Waals surface area contributed by atoms with Gasteiger partial charge in [-0.15, -0.1) is 0 Å². The normalized spacial score (nSPS) is 23.3. The van der Waals surface area contributed by atoms with Gasteiger partial charge in [0.25, 0.3) is 0 Å². The fourth-order valence-electron chi connectivity index (χ4n) is 2.57. The molecule has 0 bridgehead atoms. The number of morpholine rings is 1. The fourth-order valence-corrected chi connectivity index (χ4v) is 2.57. The van der Waals surface area contributed by atoms with E-state index in [1.165, 1.54) is 0 Å². The summed E-state index contributed by atoms with van der Waals surface area (Å²) >= 11 is 0. The zero-order valence-corrected chi connectivity index (χ0v) is 12.4. The molecule has 1 aromatic heterocycles. The summed E-state index contributed by atoms with van der Waals surface area (Å²) in [5, 5.41) is 8.88. The summed E-state index contributed by atoms with van der Waals surface area (Å²) in [6.07, 6.45) is 0.591. The summed E-state index contributed by atoms with van der Waals surface area (Å²) < 4.78 is 5.73. The van der Waals surface area contributed by atoms with Gasteiger partial charge in [-0.2, -0.15) is 5.26 Å². The number of anilines is 1. The van der Waals surface area contributed by atoms with Crippen LogP contribution >= 0.6 is 0 Å². The smallest absolute Gasteiger partial charge is 0.142 e. The van der Waals surface area contributed by atoms with Gasteiger partial charge in [0.15, 0.2) is 0 Å². The molecule has 2 heterocycles. The number of hydrogen-bond acceptors (Lipinski definition) is 5. The van der Waals surface area contributed by atoms with Gasteiger partial charge in [0.2, 0.25) is 0 Å². The number of aromatic nitrogens is 1. The van der Waals surface area contributed by atoms with Crippen LogP contribution in [0.15, 0.2) is 18.2 Å². The molecule has 0 amide bonds. The maximum atomic E-state index is 8.88. The van der Waals surface area contributed by atoms with Crippen molar-refractivity contribution >= 4 is 5.82 Å². The summed E-state index contributed by atoms with van der Waals surface area (Å²) in [7, 11) is 2.01. The van der Waals surface area contributed by atoms with Gasteiger partial charge in [0.05, 0.1) is 12.2 Å². The van der Waals surface area contributed by atoms with E-state index in [-0.39, 0.29) is 0 Å². The number of ether oxygens (including phenoxy) is 1. The largest absolute Gasteiger partial charge is 0.373 e. The number of pyridine rings is 1. The predicted octanol–water partition coefficient (Wildman–Crippen LogP) is 1.50. The van der Waals surface area contributed by atoms with Gasteiger partial charge in [-0.25, -0.2) is 4.98 Å². The third kappa shape index (κ3) is 3.92. The molecule has 5 heteroatoms. The quantitative estimate of drug-likeness (QED) is 0.833. The first-order chi connectivity index (χ1) is 9.58.